The topological polar surface area (TPSA) is 69.2 Å². The Kier molecular flexibility index (Phi) is 5.72. The second-order valence-corrected chi connectivity index (χ2v) is 8.04. The third-order valence-electron chi connectivity index (χ3n) is 5.95. The molecule has 0 amide bonds. The summed E-state index contributed by atoms with van der Waals surface area (Å²) in [4.78, 5) is 11.8. The van der Waals surface area contributed by atoms with Crippen molar-refractivity contribution < 1.29 is 32.1 Å². The largest absolute Gasteiger partial charge is 0.493 e. The Morgan fingerprint density at radius 2 is 1.62 bits per heavy atom. The maximum absolute atomic E-state index is 13.6. The Morgan fingerprint density at radius 1 is 0.912 bits per heavy atom. The molecule has 0 spiro atoms. The third-order valence-corrected chi connectivity index (χ3v) is 5.95. The van der Waals surface area contributed by atoms with E-state index in [1.807, 2.05) is 23.1 Å². The van der Waals surface area contributed by atoms with Gasteiger partial charge in [0.1, 0.15) is 5.82 Å². The van der Waals surface area contributed by atoms with Crippen molar-refractivity contribution in [3.63, 3.8) is 0 Å². The predicted octanol–water partition coefficient (Wildman–Crippen LogP) is 3.72. The van der Waals surface area contributed by atoms with Gasteiger partial charge >= 0.3 is 6.18 Å². The molecule has 1 saturated heterocycles. The molecule has 180 valence electrons. The molecule has 2 aliphatic heterocycles. The molecule has 0 bridgehead atoms. The molecule has 0 N–H and O–H groups in total. The zero-order valence-electron chi connectivity index (χ0n) is 18.7. The Bertz CT molecular complexity index is 1210. The van der Waals surface area contributed by atoms with Crippen LogP contribution in [0.4, 0.5) is 19.0 Å². The summed E-state index contributed by atoms with van der Waals surface area (Å²) in [6.45, 7) is 3.28. The number of nitrogens with zero attached hydrogens (tertiary/aromatic N) is 4. The van der Waals surface area contributed by atoms with Crippen molar-refractivity contribution in [3.8, 4) is 23.0 Å². The number of piperazine rings is 1. The fourth-order valence-corrected chi connectivity index (χ4v) is 4.22. The zero-order chi connectivity index (χ0) is 23.9. The number of hydrogen-bond acceptors (Lipinski definition) is 8. The highest BCUT2D eigenvalue weighted by Gasteiger charge is 2.36. The molecule has 2 aliphatic rings. The summed E-state index contributed by atoms with van der Waals surface area (Å²) < 4.78 is 62.1. The van der Waals surface area contributed by atoms with Gasteiger partial charge in [-0.15, -0.1) is 0 Å². The van der Waals surface area contributed by atoms with Crippen molar-refractivity contribution in [2.75, 3.05) is 52.1 Å². The van der Waals surface area contributed by atoms with E-state index in [9.17, 15) is 13.2 Å². The Hall–Kier alpha value is -3.47. The molecule has 0 atom stereocenters. The van der Waals surface area contributed by atoms with Crippen molar-refractivity contribution in [2.24, 2.45) is 0 Å². The first kappa shape index (κ1) is 22.3. The monoisotopic (exact) mass is 476 g/mol. The summed E-state index contributed by atoms with van der Waals surface area (Å²) in [6.07, 6.45) is -4.67. The molecular weight excluding hydrogens is 453 g/mol. The highest BCUT2D eigenvalue weighted by atomic mass is 19.4. The quantitative estimate of drug-likeness (QED) is 0.552. The van der Waals surface area contributed by atoms with Crippen LogP contribution in [-0.2, 0) is 12.7 Å². The van der Waals surface area contributed by atoms with Gasteiger partial charge in [-0.2, -0.15) is 13.2 Å². The SMILES string of the molecule is COc1cc2nc(C(F)(F)F)nc(N3CCN(Cc4ccc5c(c4)OCO5)CC3)c2cc1OC. The summed E-state index contributed by atoms with van der Waals surface area (Å²) in [7, 11) is 2.90. The molecule has 0 radical (unpaired) electrons. The molecule has 8 nitrogen and oxygen atoms in total. The first-order valence-corrected chi connectivity index (χ1v) is 10.7. The lowest BCUT2D eigenvalue weighted by molar-refractivity contribution is -0.144. The van der Waals surface area contributed by atoms with E-state index in [-0.39, 0.29) is 18.1 Å². The lowest BCUT2D eigenvalue weighted by Gasteiger charge is -2.36. The first-order valence-electron chi connectivity index (χ1n) is 10.7. The van der Waals surface area contributed by atoms with Crippen LogP contribution < -0.4 is 23.8 Å². The first-order chi connectivity index (χ1) is 16.4. The van der Waals surface area contributed by atoms with E-state index in [0.717, 1.165) is 17.1 Å². The van der Waals surface area contributed by atoms with Gasteiger partial charge in [0.25, 0.3) is 0 Å². The van der Waals surface area contributed by atoms with E-state index >= 15 is 0 Å². The molecule has 1 aromatic heterocycles. The molecule has 0 unspecified atom stereocenters. The molecule has 1 fully saturated rings. The molecule has 11 heteroatoms. The Labute approximate surface area is 193 Å². The van der Waals surface area contributed by atoms with Gasteiger partial charge in [-0.3, -0.25) is 4.90 Å². The van der Waals surface area contributed by atoms with Gasteiger partial charge in [0.15, 0.2) is 23.0 Å². The van der Waals surface area contributed by atoms with E-state index in [4.69, 9.17) is 18.9 Å². The van der Waals surface area contributed by atoms with Crippen LogP contribution in [0.1, 0.15) is 11.4 Å². The molecule has 3 heterocycles. The highest BCUT2D eigenvalue weighted by Crippen LogP contribution is 2.38. The van der Waals surface area contributed by atoms with Crippen LogP contribution in [0.25, 0.3) is 10.9 Å². The van der Waals surface area contributed by atoms with Crippen molar-refractivity contribution in [3.05, 3.63) is 41.7 Å². The van der Waals surface area contributed by atoms with Crippen molar-refractivity contribution in [2.45, 2.75) is 12.7 Å². The number of methoxy groups -OCH3 is 2. The smallest absolute Gasteiger partial charge is 0.451 e. The second kappa shape index (κ2) is 8.71. The summed E-state index contributed by atoms with van der Waals surface area (Å²) in [5.74, 6) is 1.23. The van der Waals surface area contributed by atoms with Gasteiger partial charge in [0.05, 0.1) is 19.7 Å². The molecule has 2 aromatic carbocycles. The van der Waals surface area contributed by atoms with Gasteiger partial charge in [0, 0.05) is 44.2 Å². The minimum atomic E-state index is -4.67. The van der Waals surface area contributed by atoms with Gasteiger partial charge in [-0.25, -0.2) is 9.97 Å². The summed E-state index contributed by atoms with van der Waals surface area (Å²) in [5, 5.41) is 0.481. The molecule has 5 rings (SSSR count). The van der Waals surface area contributed by atoms with E-state index in [0.29, 0.717) is 49.6 Å². The summed E-state index contributed by atoms with van der Waals surface area (Å²) >= 11 is 0. The maximum Gasteiger partial charge on any atom is 0.451 e. The molecule has 3 aromatic rings. The number of benzene rings is 2. The minimum absolute atomic E-state index is 0.151. The zero-order valence-corrected chi connectivity index (χ0v) is 18.7. The van der Waals surface area contributed by atoms with Crippen LogP contribution in [-0.4, -0.2) is 62.1 Å². The van der Waals surface area contributed by atoms with Crippen molar-refractivity contribution >= 4 is 16.7 Å². The summed E-state index contributed by atoms with van der Waals surface area (Å²) in [5.41, 5.74) is 1.24. The molecular formula is C23H23F3N4O4. The van der Waals surface area contributed by atoms with Gasteiger partial charge in [-0.1, -0.05) is 6.07 Å². The van der Waals surface area contributed by atoms with Gasteiger partial charge in [0.2, 0.25) is 12.6 Å². The third kappa shape index (κ3) is 4.23. The van der Waals surface area contributed by atoms with E-state index in [2.05, 4.69) is 14.9 Å². The fourth-order valence-electron chi connectivity index (χ4n) is 4.22. The van der Waals surface area contributed by atoms with E-state index < -0.39 is 12.0 Å². The molecule has 0 saturated carbocycles. The number of rotatable bonds is 5. The number of fused-ring (bicyclic) bond motifs is 2. The van der Waals surface area contributed by atoms with Crippen molar-refractivity contribution in [1.82, 2.24) is 14.9 Å². The number of alkyl halides is 3. The molecule has 0 aliphatic carbocycles. The second-order valence-electron chi connectivity index (χ2n) is 8.04. The fraction of sp³-hybridized carbons (Fsp3) is 0.391. The lowest BCUT2D eigenvalue weighted by Crippen LogP contribution is -2.46. The van der Waals surface area contributed by atoms with Crippen LogP contribution in [0, 0.1) is 0 Å². The normalized spacial score (nSPS) is 16.2. The van der Waals surface area contributed by atoms with Crippen LogP contribution in [0.15, 0.2) is 30.3 Å². The van der Waals surface area contributed by atoms with E-state index in [1.54, 1.807) is 6.07 Å². The standard InChI is InChI=1S/C23H23F3N4O4/c1-31-18-10-15-16(11-19(18)32-2)27-22(23(24,25)26)28-21(15)30-7-5-29(6-8-30)12-14-3-4-17-20(9-14)34-13-33-17/h3-4,9-11H,5-8,12-13H2,1-2H3. The van der Waals surface area contributed by atoms with Crippen LogP contribution in [0.3, 0.4) is 0 Å². The lowest BCUT2D eigenvalue weighted by atomic mass is 10.1. The number of hydrogen-bond donors (Lipinski definition) is 0. The van der Waals surface area contributed by atoms with Gasteiger partial charge < -0.3 is 23.8 Å². The number of aromatic nitrogens is 2. The molecule has 34 heavy (non-hydrogen) atoms. The van der Waals surface area contributed by atoms with Crippen LogP contribution >= 0.6 is 0 Å². The highest BCUT2D eigenvalue weighted by molar-refractivity contribution is 5.92. The van der Waals surface area contributed by atoms with Gasteiger partial charge in [-0.05, 0) is 23.8 Å². The minimum Gasteiger partial charge on any atom is -0.493 e. The van der Waals surface area contributed by atoms with Crippen molar-refractivity contribution in [1.29, 1.82) is 0 Å². The number of anilines is 1. The maximum atomic E-state index is 13.6. The summed E-state index contributed by atoms with van der Waals surface area (Å²) in [6, 6.07) is 8.92. The Balaban J connectivity index is 1.40. The van der Waals surface area contributed by atoms with E-state index in [1.165, 1.54) is 20.3 Å². The number of halogens is 3. The number of ether oxygens (including phenoxy) is 4. The average molecular weight is 476 g/mol. The average Bonchev–Trinajstić information content (AvgIpc) is 3.30. The predicted molar refractivity (Wildman–Crippen MR) is 118 cm³/mol. The van der Waals surface area contributed by atoms with Crippen LogP contribution in [0.2, 0.25) is 0 Å². The Morgan fingerprint density at radius 3 is 2.32 bits per heavy atom. The van der Waals surface area contributed by atoms with Crippen LogP contribution in [0.5, 0.6) is 23.0 Å².